The summed E-state index contributed by atoms with van der Waals surface area (Å²) >= 11 is 0. The smallest absolute Gasteiger partial charge is 0.307 e. The molecule has 2 atom stereocenters. The van der Waals surface area contributed by atoms with E-state index in [1.54, 1.807) is 13.3 Å². The Hall–Kier alpha value is -1.88. The Morgan fingerprint density at radius 1 is 1.34 bits per heavy atom. The average Bonchev–Trinajstić information content (AvgIpc) is 3.22. The molecule has 1 aromatic heterocycles. The van der Waals surface area contributed by atoms with Crippen molar-refractivity contribution in [3.63, 3.8) is 0 Å². The monoisotopic (exact) mass is 404 g/mol. The molecular weight excluding hydrogens is 364 g/mol. The fourth-order valence-electron chi connectivity index (χ4n) is 3.73. The normalized spacial score (nSPS) is 21.5. The van der Waals surface area contributed by atoms with Crippen molar-refractivity contribution in [1.82, 2.24) is 4.90 Å². The molecule has 1 fully saturated rings. The molecule has 0 aliphatic carbocycles. The molecule has 1 N–H and O–H groups in total. The van der Waals surface area contributed by atoms with E-state index in [4.69, 9.17) is 4.42 Å². The first-order valence-corrected chi connectivity index (χ1v) is 10.9. The van der Waals surface area contributed by atoms with Crippen molar-refractivity contribution >= 4 is 17.3 Å². The first-order valence-electron chi connectivity index (χ1n) is 10.9. The SMILES string of the molecule is CC.CCC/C(=C\C(CN1CC(C(=O)O)CC(C(C)(C)C)C1)=NC)c1ccco1. The summed E-state index contributed by atoms with van der Waals surface area (Å²) in [5.74, 6) is 0.231. The first kappa shape index (κ1) is 25.2. The molecule has 5 heteroatoms. The number of piperidine rings is 1. The Balaban J connectivity index is 0.00000204. The third-order valence-corrected chi connectivity index (χ3v) is 5.47. The van der Waals surface area contributed by atoms with Crippen molar-refractivity contribution in [3.05, 3.63) is 30.2 Å². The van der Waals surface area contributed by atoms with Gasteiger partial charge in [0.2, 0.25) is 0 Å². The van der Waals surface area contributed by atoms with Crippen LogP contribution >= 0.6 is 0 Å². The Morgan fingerprint density at radius 2 is 2.03 bits per heavy atom. The number of hydrogen-bond donors (Lipinski definition) is 1. The van der Waals surface area contributed by atoms with E-state index in [1.807, 2.05) is 26.0 Å². The van der Waals surface area contributed by atoms with Gasteiger partial charge in [0.05, 0.1) is 12.2 Å². The van der Waals surface area contributed by atoms with Crippen molar-refractivity contribution in [2.24, 2.45) is 22.2 Å². The summed E-state index contributed by atoms with van der Waals surface area (Å²) in [6.07, 6.45) is 6.50. The number of likely N-dealkylation sites (tertiary alicyclic amines) is 1. The van der Waals surface area contributed by atoms with E-state index >= 15 is 0 Å². The molecule has 2 unspecified atom stereocenters. The van der Waals surface area contributed by atoms with Crippen molar-refractivity contribution < 1.29 is 14.3 Å². The van der Waals surface area contributed by atoms with Crippen LogP contribution in [0, 0.1) is 17.3 Å². The van der Waals surface area contributed by atoms with Crippen LogP contribution in [0.25, 0.3) is 5.57 Å². The van der Waals surface area contributed by atoms with Gasteiger partial charge in [0.1, 0.15) is 5.76 Å². The van der Waals surface area contributed by atoms with Gasteiger partial charge in [0.15, 0.2) is 0 Å². The van der Waals surface area contributed by atoms with Gasteiger partial charge in [-0.05, 0) is 48.0 Å². The molecule has 2 heterocycles. The van der Waals surface area contributed by atoms with Crippen molar-refractivity contribution in [2.45, 2.75) is 60.8 Å². The Labute approximate surface area is 176 Å². The van der Waals surface area contributed by atoms with E-state index in [9.17, 15) is 9.90 Å². The van der Waals surface area contributed by atoms with Crippen LogP contribution in [0.1, 0.15) is 66.6 Å². The van der Waals surface area contributed by atoms with E-state index in [2.05, 4.69) is 43.7 Å². The lowest BCUT2D eigenvalue weighted by Crippen LogP contribution is -2.48. The average molecular weight is 405 g/mol. The third kappa shape index (κ3) is 7.81. The summed E-state index contributed by atoms with van der Waals surface area (Å²) in [7, 11) is 1.80. The largest absolute Gasteiger partial charge is 0.481 e. The molecule has 1 aromatic rings. The standard InChI is InChI=1S/C22H34N2O3.C2H6/c1-6-8-16(20-9-7-10-27-20)12-19(23-5)15-24-13-17(21(25)26)11-18(14-24)22(2,3)4;1-2/h7,9-10,12,17-18H,6,8,11,13-15H2,1-5H3,(H,25,26);1-2H3/b16-12+,23-19?;. The Bertz CT molecular complexity index is 669. The second kappa shape index (κ2) is 12.0. The number of nitrogens with zero attached hydrogens (tertiary/aromatic N) is 2. The number of rotatable bonds is 7. The van der Waals surface area contributed by atoms with Crippen LogP contribution in [-0.4, -0.2) is 48.4 Å². The maximum Gasteiger partial charge on any atom is 0.307 e. The van der Waals surface area contributed by atoms with E-state index in [1.165, 1.54) is 0 Å². The van der Waals surface area contributed by atoms with Gasteiger partial charge in [-0.15, -0.1) is 0 Å². The number of carboxylic acid groups (broad SMARTS) is 1. The predicted molar refractivity (Wildman–Crippen MR) is 121 cm³/mol. The highest BCUT2D eigenvalue weighted by Gasteiger charge is 2.37. The van der Waals surface area contributed by atoms with Gasteiger partial charge in [0, 0.05) is 32.4 Å². The van der Waals surface area contributed by atoms with E-state index in [-0.39, 0.29) is 11.3 Å². The van der Waals surface area contributed by atoms with Crippen molar-refractivity contribution in [2.75, 3.05) is 26.7 Å². The minimum Gasteiger partial charge on any atom is -0.481 e. The maximum absolute atomic E-state index is 11.7. The summed E-state index contributed by atoms with van der Waals surface area (Å²) in [6, 6.07) is 3.88. The fraction of sp³-hybridized carbons (Fsp3) is 0.667. The highest BCUT2D eigenvalue weighted by Crippen LogP contribution is 2.35. The zero-order chi connectivity index (χ0) is 22.0. The number of aliphatic imine (C=N–C) groups is 1. The minimum absolute atomic E-state index is 0.0905. The summed E-state index contributed by atoms with van der Waals surface area (Å²) in [6.45, 7) is 14.9. The highest BCUT2D eigenvalue weighted by atomic mass is 16.4. The molecule has 2 rings (SSSR count). The number of hydrogen-bond acceptors (Lipinski definition) is 4. The van der Waals surface area contributed by atoms with Crippen LogP contribution in [0.2, 0.25) is 0 Å². The highest BCUT2D eigenvalue weighted by molar-refractivity contribution is 6.01. The number of aliphatic carboxylic acids is 1. The number of allylic oxidation sites excluding steroid dienone is 1. The molecule has 0 bridgehead atoms. The van der Waals surface area contributed by atoms with Crippen LogP contribution in [0.15, 0.2) is 33.9 Å². The predicted octanol–water partition coefficient (Wildman–Crippen LogP) is 5.63. The molecule has 1 aliphatic heterocycles. The molecule has 0 spiro atoms. The van der Waals surface area contributed by atoms with E-state index in [0.29, 0.717) is 19.0 Å². The summed E-state index contributed by atoms with van der Waals surface area (Å²) < 4.78 is 5.58. The van der Waals surface area contributed by atoms with Gasteiger partial charge in [0.25, 0.3) is 0 Å². The molecule has 0 amide bonds. The molecule has 1 aliphatic rings. The maximum atomic E-state index is 11.7. The van der Waals surface area contributed by atoms with Crippen molar-refractivity contribution in [1.29, 1.82) is 0 Å². The van der Waals surface area contributed by atoms with Gasteiger partial charge < -0.3 is 9.52 Å². The summed E-state index contributed by atoms with van der Waals surface area (Å²) in [5, 5.41) is 9.59. The second-order valence-corrected chi connectivity index (χ2v) is 8.64. The molecular formula is C24H40N2O3. The zero-order valence-corrected chi connectivity index (χ0v) is 19.4. The molecule has 29 heavy (non-hydrogen) atoms. The van der Waals surface area contributed by atoms with Crippen LogP contribution < -0.4 is 0 Å². The molecule has 5 nitrogen and oxygen atoms in total. The first-order chi connectivity index (χ1) is 13.7. The van der Waals surface area contributed by atoms with Gasteiger partial charge in [-0.1, -0.05) is 48.0 Å². The molecule has 1 saturated heterocycles. The lowest BCUT2D eigenvalue weighted by Gasteiger charge is -2.42. The van der Waals surface area contributed by atoms with Crippen LogP contribution in [0.3, 0.4) is 0 Å². The van der Waals surface area contributed by atoms with E-state index in [0.717, 1.165) is 42.9 Å². The van der Waals surface area contributed by atoms with Gasteiger partial charge in [-0.3, -0.25) is 14.7 Å². The lowest BCUT2D eigenvalue weighted by molar-refractivity contribution is -0.145. The van der Waals surface area contributed by atoms with Gasteiger partial charge >= 0.3 is 5.97 Å². The number of furan rings is 1. The van der Waals surface area contributed by atoms with Crippen LogP contribution in [0.4, 0.5) is 0 Å². The third-order valence-electron chi connectivity index (χ3n) is 5.47. The Morgan fingerprint density at radius 3 is 2.52 bits per heavy atom. The van der Waals surface area contributed by atoms with Crippen LogP contribution in [-0.2, 0) is 4.79 Å². The van der Waals surface area contributed by atoms with Gasteiger partial charge in [-0.25, -0.2) is 0 Å². The fourth-order valence-corrected chi connectivity index (χ4v) is 3.73. The van der Waals surface area contributed by atoms with E-state index < -0.39 is 5.97 Å². The van der Waals surface area contributed by atoms with Gasteiger partial charge in [-0.2, -0.15) is 0 Å². The zero-order valence-electron chi connectivity index (χ0n) is 19.4. The lowest BCUT2D eigenvalue weighted by atomic mass is 9.73. The number of carbonyl (C=O) groups is 1. The Kier molecular flexibility index (Phi) is 10.4. The summed E-state index contributed by atoms with van der Waals surface area (Å²) in [4.78, 5) is 18.4. The molecule has 164 valence electrons. The molecule has 0 saturated carbocycles. The quantitative estimate of drug-likeness (QED) is 0.598. The number of carboxylic acids is 1. The topological polar surface area (TPSA) is 66.0 Å². The van der Waals surface area contributed by atoms with Crippen molar-refractivity contribution in [3.8, 4) is 0 Å². The molecule has 0 aromatic carbocycles. The minimum atomic E-state index is -0.693. The summed E-state index contributed by atoms with van der Waals surface area (Å²) in [5.41, 5.74) is 2.20. The van der Waals surface area contributed by atoms with Crippen LogP contribution in [0.5, 0.6) is 0 Å². The molecule has 0 radical (unpaired) electrons. The second-order valence-electron chi connectivity index (χ2n) is 8.64.